The van der Waals surface area contributed by atoms with E-state index < -0.39 is 17.4 Å². The maximum absolute atomic E-state index is 11.8. The zero-order valence-corrected chi connectivity index (χ0v) is 10.3. The summed E-state index contributed by atoms with van der Waals surface area (Å²) in [6.07, 6.45) is 1.68. The largest absolute Gasteiger partial charge is 0.481 e. The van der Waals surface area contributed by atoms with Gasteiger partial charge in [0, 0.05) is 29.8 Å². The number of hydrogen-bond acceptors (Lipinski definition) is 3. The van der Waals surface area contributed by atoms with Crippen molar-refractivity contribution >= 4 is 11.9 Å². The fourth-order valence-electron chi connectivity index (χ4n) is 1.45. The van der Waals surface area contributed by atoms with Crippen molar-refractivity contribution in [1.29, 1.82) is 0 Å². The Morgan fingerprint density at radius 3 is 2.67 bits per heavy atom. The Balaban J connectivity index is 2.69. The van der Waals surface area contributed by atoms with E-state index in [0.29, 0.717) is 6.42 Å². The highest BCUT2D eigenvalue weighted by Crippen LogP contribution is 2.12. The van der Waals surface area contributed by atoms with Crippen molar-refractivity contribution in [2.75, 3.05) is 0 Å². The molecule has 0 aromatic carbocycles. The van der Waals surface area contributed by atoms with E-state index in [-0.39, 0.29) is 17.5 Å². The van der Waals surface area contributed by atoms with Gasteiger partial charge in [-0.1, -0.05) is 0 Å². The number of aliphatic carboxylic acids is 1. The number of carbonyl (C=O) groups is 2. The fraction of sp³-hybridized carbons (Fsp3) is 0.417. The number of amides is 1. The van der Waals surface area contributed by atoms with Gasteiger partial charge in [0.1, 0.15) is 0 Å². The van der Waals surface area contributed by atoms with E-state index in [0.717, 1.165) is 0 Å². The molecule has 1 amide bonds. The van der Waals surface area contributed by atoms with Crippen LogP contribution < -0.4 is 10.9 Å². The first-order valence-corrected chi connectivity index (χ1v) is 5.53. The van der Waals surface area contributed by atoms with E-state index in [1.165, 1.54) is 18.3 Å². The van der Waals surface area contributed by atoms with Gasteiger partial charge in [-0.2, -0.15) is 0 Å². The van der Waals surface area contributed by atoms with E-state index in [1.54, 1.807) is 13.8 Å². The van der Waals surface area contributed by atoms with Gasteiger partial charge in [-0.05, 0) is 26.3 Å². The van der Waals surface area contributed by atoms with Crippen LogP contribution in [0.3, 0.4) is 0 Å². The lowest BCUT2D eigenvalue weighted by molar-refractivity contribution is -0.137. The lowest BCUT2D eigenvalue weighted by Gasteiger charge is -2.25. The molecule has 0 saturated heterocycles. The maximum atomic E-state index is 11.8. The Kier molecular flexibility index (Phi) is 4.25. The van der Waals surface area contributed by atoms with Crippen LogP contribution in [0.2, 0.25) is 0 Å². The molecule has 0 fully saturated rings. The molecule has 0 aliphatic carbocycles. The van der Waals surface area contributed by atoms with E-state index in [4.69, 9.17) is 5.11 Å². The number of H-pyrrole nitrogens is 1. The third kappa shape index (κ3) is 4.40. The van der Waals surface area contributed by atoms with Crippen LogP contribution in [0, 0.1) is 0 Å². The second-order valence-electron chi connectivity index (χ2n) is 4.67. The third-order valence-corrected chi connectivity index (χ3v) is 2.45. The molecule has 98 valence electrons. The fourth-order valence-corrected chi connectivity index (χ4v) is 1.45. The molecular formula is C12H16N2O4. The van der Waals surface area contributed by atoms with Gasteiger partial charge in [0.25, 0.3) is 5.91 Å². The average Bonchev–Trinajstić information content (AvgIpc) is 2.26. The quantitative estimate of drug-likeness (QED) is 0.720. The molecule has 1 aromatic heterocycles. The summed E-state index contributed by atoms with van der Waals surface area (Å²) in [5.41, 5.74) is -0.744. The van der Waals surface area contributed by atoms with Crippen LogP contribution in [-0.2, 0) is 4.79 Å². The summed E-state index contributed by atoms with van der Waals surface area (Å²) >= 11 is 0. The number of aromatic nitrogens is 1. The van der Waals surface area contributed by atoms with E-state index >= 15 is 0 Å². The van der Waals surface area contributed by atoms with Crippen LogP contribution >= 0.6 is 0 Å². The van der Waals surface area contributed by atoms with Crippen LogP contribution in [0.15, 0.2) is 23.1 Å². The zero-order chi connectivity index (χ0) is 13.8. The third-order valence-electron chi connectivity index (χ3n) is 2.45. The van der Waals surface area contributed by atoms with Gasteiger partial charge in [0.2, 0.25) is 5.56 Å². The second kappa shape index (κ2) is 5.48. The molecule has 0 atom stereocenters. The zero-order valence-electron chi connectivity index (χ0n) is 10.3. The number of aromatic amines is 1. The molecule has 0 spiro atoms. The molecule has 1 aromatic rings. The lowest BCUT2D eigenvalue weighted by atomic mass is 9.98. The molecule has 18 heavy (non-hydrogen) atoms. The first-order chi connectivity index (χ1) is 8.30. The highest BCUT2D eigenvalue weighted by atomic mass is 16.4. The monoisotopic (exact) mass is 252 g/mol. The number of hydrogen-bond donors (Lipinski definition) is 3. The van der Waals surface area contributed by atoms with Gasteiger partial charge in [0.15, 0.2) is 0 Å². The average molecular weight is 252 g/mol. The minimum atomic E-state index is -0.909. The molecule has 0 aliphatic heterocycles. The van der Waals surface area contributed by atoms with Crippen LogP contribution in [-0.4, -0.2) is 27.5 Å². The Bertz CT molecular complexity index is 505. The molecular weight excluding hydrogens is 236 g/mol. The normalized spacial score (nSPS) is 11.0. The predicted octanol–water partition coefficient (Wildman–Crippen LogP) is 0.748. The minimum absolute atomic E-state index is 0.0251. The highest BCUT2D eigenvalue weighted by molar-refractivity contribution is 5.94. The number of pyridine rings is 1. The van der Waals surface area contributed by atoms with Crippen molar-refractivity contribution in [1.82, 2.24) is 10.3 Å². The van der Waals surface area contributed by atoms with Crippen LogP contribution in [0.1, 0.15) is 37.0 Å². The summed E-state index contributed by atoms with van der Waals surface area (Å²) in [6.45, 7) is 3.47. The molecule has 0 aliphatic rings. The van der Waals surface area contributed by atoms with Crippen molar-refractivity contribution in [3.63, 3.8) is 0 Å². The lowest BCUT2D eigenvalue weighted by Crippen LogP contribution is -2.43. The van der Waals surface area contributed by atoms with E-state index in [1.807, 2.05) is 0 Å². The standard InChI is InChI=1S/C12H16N2O4/c1-12(2,5-3-10(16)17)14-11(18)8-4-6-13-9(15)7-8/h4,6-7H,3,5H2,1-2H3,(H,13,15)(H,14,18)(H,16,17). The maximum Gasteiger partial charge on any atom is 0.303 e. The molecule has 6 nitrogen and oxygen atoms in total. The van der Waals surface area contributed by atoms with E-state index in [2.05, 4.69) is 10.3 Å². The predicted molar refractivity (Wildman–Crippen MR) is 65.5 cm³/mol. The smallest absolute Gasteiger partial charge is 0.303 e. The van der Waals surface area contributed by atoms with Gasteiger partial charge >= 0.3 is 5.97 Å². The highest BCUT2D eigenvalue weighted by Gasteiger charge is 2.22. The van der Waals surface area contributed by atoms with Gasteiger partial charge in [-0.15, -0.1) is 0 Å². The molecule has 0 bridgehead atoms. The Labute approximate surface area is 104 Å². The van der Waals surface area contributed by atoms with Gasteiger partial charge in [0.05, 0.1) is 0 Å². The molecule has 6 heteroatoms. The summed E-state index contributed by atoms with van der Waals surface area (Å²) in [5.74, 6) is -1.30. The Morgan fingerprint density at radius 2 is 2.11 bits per heavy atom. The van der Waals surface area contributed by atoms with Crippen LogP contribution in [0.5, 0.6) is 0 Å². The van der Waals surface area contributed by atoms with Crippen LogP contribution in [0.4, 0.5) is 0 Å². The molecule has 3 N–H and O–H groups in total. The molecule has 1 heterocycles. The van der Waals surface area contributed by atoms with Crippen LogP contribution in [0.25, 0.3) is 0 Å². The Morgan fingerprint density at radius 1 is 1.44 bits per heavy atom. The van der Waals surface area contributed by atoms with Gasteiger partial charge < -0.3 is 15.4 Å². The summed E-state index contributed by atoms with van der Waals surface area (Å²) in [4.78, 5) is 35.8. The summed E-state index contributed by atoms with van der Waals surface area (Å²) in [7, 11) is 0. The molecule has 1 rings (SSSR count). The van der Waals surface area contributed by atoms with Crippen molar-refractivity contribution < 1.29 is 14.7 Å². The van der Waals surface area contributed by atoms with Crippen molar-refractivity contribution in [3.8, 4) is 0 Å². The van der Waals surface area contributed by atoms with Crippen molar-refractivity contribution in [3.05, 3.63) is 34.2 Å². The topological polar surface area (TPSA) is 99.3 Å². The molecule has 0 unspecified atom stereocenters. The number of rotatable bonds is 5. The summed E-state index contributed by atoms with van der Waals surface area (Å²) < 4.78 is 0. The first-order valence-electron chi connectivity index (χ1n) is 5.53. The molecule has 0 radical (unpaired) electrons. The minimum Gasteiger partial charge on any atom is -0.481 e. The number of carboxylic acids is 1. The SMILES string of the molecule is CC(C)(CCC(=O)O)NC(=O)c1cc[nH]c(=O)c1. The number of nitrogens with one attached hydrogen (secondary N) is 2. The first kappa shape index (κ1) is 14.0. The molecule has 0 saturated carbocycles. The summed E-state index contributed by atoms with van der Waals surface area (Å²) in [6, 6.07) is 2.69. The van der Waals surface area contributed by atoms with E-state index in [9.17, 15) is 14.4 Å². The number of carboxylic acid groups (broad SMARTS) is 1. The number of carbonyl (C=O) groups excluding carboxylic acids is 1. The second-order valence-corrected chi connectivity index (χ2v) is 4.67. The van der Waals surface area contributed by atoms with Crippen molar-refractivity contribution in [2.24, 2.45) is 0 Å². The summed E-state index contributed by atoms with van der Waals surface area (Å²) in [5, 5.41) is 11.3. The van der Waals surface area contributed by atoms with Gasteiger partial charge in [-0.25, -0.2) is 0 Å². The Hall–Kier alpha value is -2.11. The van der Waals surface area contributed by atoms with Gasteiger partial charge in [-0.3, -0.25) is 14.4 Å². The van der Waals surface area contributed by atoms with Crippen molar-refractivity contribution in [2.45, 2.75) is 32.2 Å².